The molecule has 0 aliphatic carbocycles. The fourth-order valence-corrected chi connectivity index (χ4v) is 3.14. The third-order valence-electron chi connectivity index (χ3n) is 4.21. The number of nitrogens with one attached hydrogen (secondary N) is 1. The molecule has 1 N–H and O–H groups in total. The molecule has 0 aromatic carbocycles. The van der Waals surface area contributed by atoms with Gasteiger partial charge in [-0.05, 0) is 12.8 Å². The summed E-state index contributed by atoms with van der Waals surface area (Å²) < 4.78 is 15.3. The molecule has 9 nitrogen and oxygen atoms in total. The van der Waals surface area contributed by atoms with Gasteiger partial charge in [0.15, 0.2) is 23.5 Å². The molecule has 3 heterocycles. The molecule has 128 valence electrons. The highest BCUT2D eigenvalue weighted by Crippen LogP contribution is 2.33. The highest BCUT2D eigenvalue weighted by atomic mass is 16.5. The number of methoxy groups -OCH3 is 1. The molecule has 1 aliphatic rings. The summed E-state index contributed by atoms with van der Waals surface area (Å²) in [6.45, 7) is 0.538. The first kappa shape index (κ1) is 16.2. The second kappa shape index (κ2) is 6.44. The lowest BCUT2D eigenvalue weighted by molar-refractivity contribution is -0.133. The molecule has 1 fully saturated rings. The number of nitrogens with zero attached hydrogens (tertiary/aromatic N) is 3. The zero-order valence-electron chi connectivity index (χ0n) is 13.4. The Bertz CT molecular complexity index is 726. The summed E-state index contributed by atoms with van der Waals surface area (Å²) in [5.41, 5.74) is -0.594. The molecule has 9 heteroatoms. The van der Waals surface area contributed by atoms with Gasteiger partial charge in [0.2, 0.25) is 5.91 Å². The number of ether oxygens (including phenoxy) is 1. The van der Waals surface area contributed by atoms with E-state index in [9.17, 15) is 9.59 Å². The summed E-state index contributed by atoms with van der Waals surface area (Å²) in [6, 6.07) is 1.57. The van der Waals surface area contributed by atoms with E-state index in [0.29, 0.717) is 25.1 Å². The minimum atomic E-state index is -1.05. The molecule has 1 aliphatic heterocycles. The van der Waals surface area contributed by atoms with Crippen molar-refractivity contribution in [3.05, 3.63) is 24.4 Å². The molecule has 0 radical (unpaired) electrons. The van der Waals surface area contributed by atoms with Crippen molar-refractivity contribution in [3.8, 4) is 11.5 Å². The van der Waals surface area contributed by atoms with Crippen LogP contribution in [0.1, 0.15) is 23.3 Å². The Morgan fingerprint density at radius 2 is 2.33 bits per heavy atom. The van der Waals surface area contributed by atoms with Gasteiger partial charge >= 0.3 is 0 Å². The van der Waals surface area contributed by atoms with Gasteiger partial charge in [0.1, 0.15) is 11.8 Å². The fourth-order valence-electron chi connectivity index (χ4n) is 3.14. The zero-order valence-corrected chi connectivity index (χ0v) is 13.4. The Morgan fingerprint density at radius 3 is 3.00 bits per heavy atom. The second-order valence-electron chi connectivity index (χ2n) is 5.52. The maximum atomic E-state index is 13.0. The van der Waals surface area contributed by atoms with Gasteiger partial charge in [-0.15, -0.1) is 0 Å². The van der Waals surface area contributed by atoms with E-state index in [1.807, 2.05) is 0 Å². The van der Waals surface area contributed by atoms with Crippen LogP contribution in [0.4, 0.5) is 0 Å². The third kappa shape index (κ3) is 2.46. The Labute approximate surface area is 137 Å². The van der Waals surface area contributed by atoms with E-state index in [-0.39, 0.29) is 24.0 Å². The number of rotatable bonds is 5. The molecule has 3 rings (SSSR count). The maximum absolute atomic E-state index is 13.0. The molecular weight excluding hydrogens is 316 g/mol. The molecule has 0 spiro atoms. The Morgan fingerprint density at radius 1 is 1.50 bits per heavy atom. The number of likely N-dealkylation sites (tertiary alicyclic amines) is 1. The number of oxazole rings is 1. The van der Waals surface area contributed by atoms with Gasteiger partial charge in [0.05, 0.1) is 6.61 Å². The Hall–Kier alpha value is -2.68. The first-order chi connectivity index (χ1) is 11.6. The van der Waals surface area contributed by atoms with Crippen LogP contribution >= 0.6 is 0 Å². The normalized spacial score (nSPS) is 20.3. The van der Waals surface area contributed by atoms with E-state index in [1.54, 1.807) is 6.07 Å². The van der Waals surface area contributed by atoms with Crippen LogP contribution in [0.5, 0.6) is 0 Å². The van der Waals surface area contributed by atoms with Gasteiger partial charge in [-0.2, -0.15) is 0 Å². The number of carbonyl (C=O) groups excluding carboxylic acids is 2. The van der Waals surface area contributed by atoms with Crippen molar-refractivity contribution in [3.63, 3.8) is 0 Å². The van der Waals surface area contributed by atoms with Crippen LogP contribution < -0.4 is 5.32 Å². The molecule has 24 heavy (non-hydrogen) atoms. The number of carbonyl (C=O) groups is 2. The highest BCUT2D eigenvalue weighted by Gasteiger charge is 2.50. The number of aromatic nitrogens is 2. The highest BCUT2D eigenvalue weighted by molar-refractivity contribution is 6.01. The fraction of sp³-hybridized carbons (Fsp3) is 0.467. The van der Waals surface area contributed by atoms with Gasteiger partial charge in [0, 0.05) is 26.8 Å². The van der Waals surface area contributed by atoms with Gasteiger partial charge in [0.25, 0.3) is 5.91 Å². The largest absolute Gasteiger partial charge is 0.441 e. The molecule has 2 amide bonds. The van der Waals surface area contributed by atoms with Crippen molar-refractivity contribution in [2.45, 2.75) is 18.4 Å². The predicted molar refractivity (Wildman–Crippen MR) is 80.9 cm³/mol. The first-order valence-electron chi connectivity index (χ1n) is 7.51. The van der Waals surface area contributed by atoms with Crippen LogP contribution in [0.3, 0.4) is 0 Å². The Kier molecular flexibility index (Phi) is 4.34. The molecule has 2 aromatic rings. The van der Waals surface area contributed by atoms with Gasteiger partial charge in [-0.1, -0.05) is 5.16 Å². The van der Waals surface area contributed by atoms with Crippen LogP contribution in [0.25, 0.3) is 11.5 Å². The SMILES string of the molecule is CNC(=O)C1(COC)CCCN1C(=O)c1ncoc1-c1ccon1. The summed E-state index contributed by atoms with van der Waals surface area (Å²) in [7, 11) is 3.04. The van der Waals surface area contributed by atoms with E-state index in [1.165, 1.54) is 31.7 Å². The molecule has 1 atom stereocenters. The number of hydrogen-bond donors (Lipinski definition) is 1. The molecule has 1 saturated heterocycles. The predicted octanol–water partition coefficient (Wildman–Crippen LogP) is 0.697. The van der Waals surface area contributed by atoms with E-state index in [4.69, 9.17) is 13.7 Å². The molecular formula is C15H18N4O5. The van der Waals surface area contributed by atoms with Crippen molar-refractivity contribution in [1.82, 2.24) is 20.4 Å². The Balaban J connectivity index is 1.97. The monoisotopic (exact) mass is 334 g/mol. The van der Waals surface area contributed by atoms with Crippen molar-refractivity contribution >= 4 is 11.8 Å². The molecule has 0 saturated carbocycles. The smallest absolute Gasteiger partial charge is 0.277 e. The van der Waals surface area contributed by atoms with E-state index in [0.717, 1.165) is 0 Å². The van der Waals surface area contributed by atoms with Crippen molar-refractivity contribution in [2.24, 2.45) is 0 Å². The molecule has 1 unspecified atom stereocenters. The summed E-state index contributed by atoms with van der Waals surface area (Å²) >= 11 is 0. The van der Waals surface area contributed by atoms with Crippen LogP contribution in [-0.4, -0.2) is 59.7 Å². The minimum absolute atomic E-state index is 0.0928. The standard InChI is InChI=1S/C15H18N4O5/c1-16-14(21)15(8-22-2)5-3-6-19(15)13(20)11-12(23-9-17-11)10-4-7-24-18-10/h4,7,9H,3,5-6,8H2,1-2H3,(H,16,21). The van der Waals surface area contributed by atoms with Crippen LogP contribution in [-0.2, 0) is 9.53 Å². The van der Waals surface area contributed by atoms with Crippen LogP contribution in [0.15, 0.2) is 27.7 Å². The summed E-state index contributed by atoms with van der Waals surface area (Å²) in [4.78, 5) is 31.0. The van der Waals surface area contributed by atoms with E-state index >= 15 is 0 Å². The lowest BCUT2D eigenvalue weighted by Crippen LogP contribution is -2.59. The maximum Gasteiger partial charge on any atom is 0.277 e. The summed E-state index contributed by atoms with van der Waals surface area (Å²) in [5.74, 6) is -0.453. The van der Waals surface area contributed by atoms with Crippen LogP contribution in [0.2, 0.25) is 0 Å². The number of amides is 2. The van der Waals surface area contributed by atoms with Crippen molar-refractivity contribution < 1.29 is 23.3 Å². The average Bonchev–Trinajstić information content (AvgIpc) is 3.32. The van der Waals surface area contributed by atoms with E-state index in [2.05, 4.69) is 15.5 Å². The van der Waals surface area contributed by atoms with Gasteiger partial charge in [-0.25, -0.2) is 4.98 Å². The molecule has 0 bridgehead atoms. The minimum Gasteiger partial charge on any atom is -0.441 e. The lowest BCUT2D eigenvalue weighted by atomic mass is 9.95. The number of likely N-dealkylation sites (N-methyl/N-ethyl adjacent to an activating group) is 1. The average molecular weight is 334 g/mol. The quantitative estimate of drug-likeness (QED) is 0.856. The van der Waals surface area contributed by atoms with Crippen molar-refractivity contribution in [2.75, 3.05) is 27.3 Å². The first-order valence-corrected chi connectivity index (χ1v) is 7.51. The lowest BCUT2D eigenvalue weighted by Gasteiger charge is -2.35. The number of hydrogen-bond acceptors (Lipinski definition) is 7. The van der Waals surface area contributed by atoms with Gasteiger partial charge in [-0.3, -0.25) is 9.59 Å². The van der Waals surface area contributed by atoms with Gasteiger partial charge < -0.3 is 23.9 Å². The summed E-state index contributed by atoms with van der Waals surface area (Å²) in [6.07, 6.45) is 3.76. The third-order valence-corrected chi connectivity index (χ3v) is 4.21. The van der Waals surface area contributed by atoms with Crippen LogP contribution in [0, 0.1) is 0 Å². The van der Waals surface area contributed by atoms with E-state index < -0.39 is 11.4 Å². The van der Waals surface area contributed by atoms with Crippen molar-refractivity contribution in [1.29, 1.82) is 0 Å². The molecule has 2 aromatic heterocycles. The summed E-state index contributed by atoms with van der Waals surface area (Å²) in [5, 5.41) is 6.39. The second-order valence-corrected chi connectivity index (χ2v) is 5.52. The zero-order chi connectivity index (χ0) is 17.2. The topological polar surface area (TPSA) is 111 Å².